The predicted octanol–water partition coefficient (Wildman–Crippen LogP) is 0.649. The lowest BCUT2D eigenvalue weighted by atomic mass is 10.2. The van der Waals surface area contributed by atoms with Gasteiger partial charge < -0.3 is 19.5 Å². The average Bonchev–Trinajstić information content (AvgIpc) is 2.44. The van der Waals surface area contributed by atoms with Crippen LogP contribution in [0.2, 0.25) is 0 Å². The van der Waals surface area contributed by atoms with Crippen molar-refractivity contribution in [1.82, 2.24) is 5.32 Å². The zero-order chi connectivity index (χ0) is 14.1. The van der Waals surface area contributed by atoms with E-state index in [4.69, 9.17) is 14.2 Å². The minimum atomic E-state index is -0.292. The molecule has 0 aliphatic heterocycles. The fourth-order valence-corrected chi connectivity index (χ4v) is 1.42. The van der Waals surface area contributed by atoms with Crippen molar-refractivity contribution in [2.45, 2.75) is 0 Å². The lowest BCUT2D eigenvalue weighted by Crippen LogP contribution is -2.31. The summed E-state index contributed by atoms with van der Waals surface area (Å²) in [5.41, 5.74) is 0.337. The Balaban J connectivity index is 2.61. The van der Waals surface area contributed by atoms with Crippen LogP contribution in [0.3, 0.4) is 0 Å². The molecular weight excluding hydrogens is 250 g/mol. The van der Waals surface area contributed by atoms with Crippen molar-refractivity contribution in [3.05, 3.63) is 23.8 Å². The fraction of sp³-hybridized carbons (Fsp3) is 0.385. The highest BCUT2D eigenvalue weighted by Gasteiger charge is 2.11. The van der Waals surface area contributed by atoms with Crippen LogP contribution in [0, 0.1) is 0 Å². The van der Waals surface area contributed by atoms with Crippen molar-refractivity contribution in [2.24, 2.45) is 0 Å². The fourth-order valence-electron chi connectivity index (χ4n) is 1.42. The molecule has 0 radical (unpaired) electrons. The number of benzene rings is 1. The summed E-state index contributed by atoms with van der Waals surface area (Å²) in [6, 6.07) is 4.92. The largest absolute Gasteiger partial charge is 0.493 e. The van der Waals surface area contributed by atoms with Crippen molar-refractivity contribution >= 4 is 12.2 Å². The summed E-state index contributed by atoms with van der Waals surface area (Å²) in [6.45, 7) is 0.649. The molecule has 104 valence electrons. The first-order chi connectivity index (χ1) is 9.22. The second-order valence-electron chi connectivity index (χ2n) is 3.63. The molecule has 0 fully saturated rings. The molecule has 6 heteroatoms. The highest BCUT2D eigenvalue weighted by molar-refractivity contribution is 5.82. The van der Waals surface area contributed by atoms with Gasteiger partial charge in [-0.3, -0.25) is 9.59 Å². The summed E-state index contributed by atoms with van der Waals surface area (Å²) in [7, 11) is 3.02. The number of para-hydroxylation sites is 1. The normalized spacial score (nSPS) is 9.79. The van der Waals surface area contributed by atoms with Gasteiger partial charge in [-0.2, -0.15) is 0 Å². The van der Waals surface area contributed by atoms with Crippen LogP contribution in [0.25, 0.3) is 0 Å². The van der Waals surface area contributed by atoms with Gasteiger partial charge in [0.05, 0.1) is 19.3 Å². The maximum atomic E-state index is 11.5. The molecule has 1 aromatic rings. The number of ether oxygens (including phenoxy) is 3. The number of carbonyl (C=O) groups is 2. The zero-order valence-corrected chi connectivity index (χ0v) is 11.0. The SMILES string of the molecule is COCCNC(=O)COc1c(C=O)cccc1OC. The average molecular weight is 267 g/mol. The van der Waals surface area contributed by atoms with Crippen LogP contribution in [0.4, 0.5) is 0 Å². The Bertz CT molecular complexity index is 433. The predicted molar refractivity (Wildman–Crippen MR) is 68.8 cm³/mol. The van der Waals surface area contributed by atoms with Crippen molar-refractivity contribution in [3.8, 4) is 11.5 Å². The van der Waals surface area contributed by atoms with E-state index < -0.39 is 0 Å². The quantitative estimate of drug-likeness (QED) is 0.553. The van der Waals surface area contributed by atoms with Gasteiger partial charge >= 0.3 is 0 Å². The van der Waals surface area contributed by atoms with Crippen LogP contribution in [0.15, 0.2) is 18.2 Å². The molecule has 0 atom stereocenters. The molecule has 0 aromatic heterocycles. The minimum Gasteiger partial charge on any atom is -0.493 e. The maximum Gasteiger partial charge on any atom is 0.258 e. The molecule has 0 bridgehead atoms. The molecular formula is C13H17NO5. The number of amides is 1. The smallest absolute Gasteiger partial charge is 0.258 e. The molecule has 0 saturated carbocycles. The van der Waals surface area contributed by atoms with E-state index in [0.717, 1.165) is 0 Å². The lowest BCUT2D eigenvalue weighted by Gasteiger charge is -2.12. The topological polar surface area (TPSA) is 73.9 Å². The third-order valence-corrected chi connectivity index (χ3v) is 2.33. The molecule has 1 aromatic carbocycles. The van der Waals surface area contributed by atoms with Gasteiger partial charge in [-0.15, -0.1) is 0 Å². The van der Waals surface area contributed by atoms with Gasteiger partial charge in [0.2, 0.25) is 0 Å². The van der Waals surface area contributed by atoms with Crippen molar-refractivity contribution in [3.63, 3.8) is 0 Å². The highest BCUT2D eigenvalue weighted by atomic mass is 16.5. The van der Waals surface area contributed by atoms with E-state index >= 15 is 0 Å². The van der Waals surface area contributed by atoms with Gasteiger partial charge in [-0.05, 0) is 12.1 Å². The van der Waals surface area contributed by atoms with Gasteiger partial charge in [0.25, 0.3) is 5.91 Å². The Morgan fingerprint density at radius 1 is 1.37 bits per heavy atom. The molecule has 19 heavy (non-hydrogen) atoms. The van der Waals surface area contributed by atoms with E-state index in [1.54, 1.807) is 25.3 Å². The summed E-state index contributed by atoms with van der Waals surface area (Å²) >= 11 is 0. The molecule has 0 spiro atoms. The third-order valence-electron chi connectivity index (χ3n) is 2.33. The first-order valence-corrected chi connectivity index (χ1v) is 5.73. The van der Waals surface area contributed by atoms with Crippen LogP contribution < -0.4 is 14.8 Å². The number of nitrogens with one attached hydrogen (secondary N) is 1. The Kier molecular flexibility index (Phi) is 6.38. The lowest BCUT2D eigenvalue weighted by molar-refractivity contribution is -0.123. The summed E-state index contributed by atoms with van der Waals surface area (Å²) in [5, 5.41) is 2.61. The molecule has 1 rings (SSSR count). The van der Waals surface area contributed by atoms with Crippen LogP contribution in [0.1, 0.15) is 10.4 Å². The second-order valence-corrected chi connectivity index (χ2v) is 3.63. The standard InChI is InChI=1S/C13H17NO5/c1-17-7-6-14-12(16)9-19-13-10(8-15)4-3-5-11(13)18-2/h3-5,8H,6-7,9H2,1-2H3,(H,14,16). The minimum absolute atomic E-state index is 0.190. The van der Waals surface area contributed by atoms with Crippen molar-refractivity contribution in [1.29, 1.82) is 0 Å². The van der Waals surface area contributed by atoms with Gasteiger partial charge in [0.1, 0.15) is 0 Å². The first-order valence-electron chi connectivity index (χ1n) is 5.73. The molecule has 0 aliphatic carbocycles. The van der Waals surface area contributed by atoms with E-state index in [2.05, 4.69) is 5.32 Å². The van der Waals surface area contributed by atoms with E-state index in [1.165, 1.54) is 7.11 Å². The Labute approximate surface area is 111 Å². The molecule has 0 unspecified atom stereocenters. The molecule has 0 aliphatic rings. The number of methoxy groups -OCH3 is 2. The van der Waals surface area contributed by atoms with E-state index in [0.29, 0.717) is 30.8 Å². The van der Waals surface area contributed by atoms with Gasteiger partial charge in [-0.25, -0.2) is 0 Å². The molecule has 6 nitrogen and oxygen atoms in total. The van der Waals surface area contributed by atoms with Gasteiger partial charge in [0, 0.05) is 13.7 Å². The Morgan fingerprint density at radius 3 is 2.79 bits per heavy atom. The molecule has 0 saturated heterocycles. The van der Waals surface area contributed by atoms with Crippen molar-refractivity contribution in [2.75, 3.05) is 34.0 Å². The maximum absolute atomic E-state index is 11.5. The number of carbonyl (C=O) groups excluding carboxylic acids is 2. The Hall–Kier alpha value is -2.08. The first kappa shape index (κ1) is 15.0. The summed E-state index contributed by atoms with van der Waals surface area (Å²) in [4.78, 5) is 22.4. The van der Waals surface area contributed by atoms with Crippen LogP contribution in [-0.2, 0) is 9.53 Å². The third kappa shape index (κ3) is 4.59. The molecule has 1 N–H and O–H groups in total. The van der Waals surface area contributed by atoms with E-state index in [9.17, 15) is 9.59 Å². The van der Waals surface area contributed by atoms with E-state index in [1.807, 2.05) is 0 Å². The summed E-state index contributed by atoms with van der Waals surface area (Å²) in [5.74, 6) is 0.385. The summed E-state index contributed by atoms with van der Waals surface area (Å²) < 4.78 is 15.2. The van der Waals surface area contributed by atoms with E-state index in [-0.39, 0.29) is 18.3 Å². The van der Waals surface area contributed by atoms with Crippen LogP contribution >= 0.6 is 0 Å². The summed E-state index contributed by atoms with van der Waals surface area (Å²) in [6.07, 6.45) is 0.653. The molecule has 0 heterocycles. The number of hydrogen-bond acceptors (Lipinski definition) is 5. The van der Waals surface area contributed by atoms with Crippen molar-refractivity contribution < 1.29 is 23.8 Å². The van der Waals surface area contributed by atoms with Crippen LogP contribution in [0.5, 0.6) is 11.5 Å². The monoisotopic (exact) mass is 267 g/mol. The number of aldehydes is 1. The second kappa shape index (κ2) is 8.10. The van der Waals surface area contributed by atoms with Gasteiger partial charge in [0.15, 0.2) is 24.4 Å². The van der Waals surface area contributed by atoms with Crippen LogP contribution in [-0.4, -0.2) is 46.2 Å². The zero-order valence-electron chi connectivity index (χ0n) is 11.0. The number of hydrogen-bond donors (Lipinski definition) is 1. The molecule has 1 amide bonds. The number of rotatable bonds is 8. The van der Waals surface area contributed by atoms with Gasteiger partial charge in [-0.1, -0.05) is 6.07 Å². The Morgan fingerprint density at radius 2 is 2.16 bits per heavy atom. The highest BCUT2D eigenvalue weighted by Crippen LogP contribution is 2.29.